The Bertz CT molecular complexity index is 340. The normalized spacial score (nSPS) is 18.7. The van der Waals surface area contributed by atoms with E-state index in [9.17, 15) is 0 Å². The standard InChI is InChI=1S/C14H22N2/c1-11(15)13-9-5-6-10-14(13)16(2)12-7-3-4-8-12/h5-6,9-12H,3-4,7-8,15H2,1-2H3. The molecule has 0 amide bonds. The molecule has 0 saturated heterocycles. The van der Waals surface area contributed by atoms with Crippen LogP contribution in [0.1, 0.15) is 44.2 Å². The van der Waals surface area contributed by atoms with Gasteiger partial charge in [0.2, 0.25) is 0 Å². The highest BCUT2D eigenvalue weighted by Gasteiger charge is 2.21. The monoisotopic (exact) mass is 218 g/mol. The van der Waals surface area contributed by atoms with Gasteiger partial charge in [-0.05, 0) is 31.4 Å². The second-order valence-electron chi connectivity index (χ2n) is 4.90. The van der Waals surface area contributed by atoms with Crippen molar-refractivity contribution in [2.24, 2.45) is 5.73 Å². The van der Waals surface area contributed by atoms with Crippen LogP contribution >= 0.6 is 0 Å². The molecule has 0 radical (unpaired) electrons. The molecule has 1 aliphatic rings. The average Bonchev–Trinajstić information content (AvgIpc) is 2.81. The number of hydrogen-bond donors (Lipinski definition) is 1. The summed E-state index contributed by atoms with van der Waals surface area (Å²) in [6.45, 7) is 2.06. The second-order valence-corrected chi connectivity index (χ2v) is 4.90. The third-order valence-electron chi connectivity index (χ3n) is 3.68. The zero-order valence-electron chi connectivity index (χ0n) is 10.3. The van der Waals surface area contributed by atoms with E-state index in [0.717, 1.165) is 0 Å². The van der Waals surface area contributed by atoms with Gasteiger partial charge in [-0.15, -0.1) is 0 Å². The number of benzene rings is 1. The maximum absolute atomic E-state index is 6.02. The topological polar surface area (TPSA) is 29.3 Å². The molecule has 0 aliphatic heterocycles. The SMILES string of the molecule is CC(N)c1ccccc1N(C)C1CCCC1. The van der Waals surface area contributed by atoms with Gasteiger partial charge >= 0.3 is 0 Å². The fraction of sp³-hybridized carbons (Fsp3) is 0.571. The van der Waals surface area contributed by atoms with Gasteiger partial charge in [0, 0.05) is 24.8 Å². The largest absolute Gasteiger partial charge is 0.371 e. The van der Waals surface area contributed by atoms with E-state index in [2.05, 4.69) is 43.1 Å². The molecule has 2 heteroatoms. The summed E-state index contributed by atoms with van der Waals surface area (Å²) in [6.07, 6.45) is 5.39. The van der Waals surface area contributed by atoms with Gasteiger partial charge in [-0.25, -0.2) is 0 Å². The van der Waals surface area contributed by atoms with Crippen molar-refractivity contribution in [3.63, 3.8) is 0 Å². The molecule has 2 N–H and O–H groups in total. The van der Waals surface area contributed by atoms with Gasteiger partial charge in [-0.1, -0.05) is 31.0 Å². The minimum atomic E-state index is 0.111. The van der Waals surface area contributed by atoms with Crippen LogP contribution in [0.25, 0.3) is 0 Å². The first-order chi connectivity index (χ1) is 7.70. The zero-order chi connectivity index (χ0) is 11.5. The Hall–Kier alpha value is -1.02. The number of nitrogens with zero attached hydrogens (tertiary/aromatic N) is 1. The highest BCUT2D eigenvalue weighted by Crippen LogP contribution is 2.30. The Kier molecular flexibility index (Phi) is 3.49. The lowest BCUT2D eigenvalue weighted by Gasteiger charge is -2.29. The van der Waals surface area contributed by atoms with Gasteiger partial charge in [0.15, 0.2) is 0 Å². The van der Waals surface area contributed by atoms with Gasteiger partial charge in [-0.3, -0.25) is 0 Å². The quantitative estimate of drug-likeness (QED) is 0.844. The molecule has 1 atom stereocenters. The molecule has 1 aliphatic carbocycles. The fourth-order valence-corrected chi connectivity index (χ4v) is 2.68. The lowest BCUT2D eigenvalue weighted by molar-refractivity contribution is 0.647. The van der Waals surface area contributed by atoms with E-state index in [0.29, 0.717) is 6.04 Å². The average molecular weight is 218 g/mol. The third-order valence-corrected chi connectivity index (χ3v) is 3.68. The van der Waals surface area contributed by atoms with E-state index >= 15 is 0 Å². The third kappa shape index (κ3) is 2.22. The predicted molar refractivity (Wildman–Crippen MR) is 69.7 cm³/mol. The van der Waals surface area contributed by atoms with Crippen molar-refractivity contribution in [3.8, 4) is 0 Å². The van der Waals surface area contributed by atoms with Gasteiger partial charge in [0.25, 0.3) is 0 Å². The van der Waals surface area contributed by atoms with Crippen molar-refractivity contribution in [3.05, 3.63) is 29.8 Å². The molecule has 0 spiro atoms. The van der Waals surface area contributed by atoms with Crippen molar-refractivity contribution in [1.82, 2.24) is 0 Å². The Morgan fingerprint density at radius 1 is 1.25 bits per heavy atom. The summed E-state index contributed by atoms with van der Waals surface area (Å²) in [6, 6.07) is 9.33. The summed E-state index contributed by atoms with van der Waals surface area (Å²) in [5.74, 6) is 0. The smallest absolute Gasteiger partial charge is 0.0414 e. The van der Waals surface area contributed by atoms with E-state index < -0.39 is 0 Å². The summed E-state index contributed by atoms with van der Waals surface area (Å²) < 4.78 is 0. The van der Waals surface area contributed by atoms with Crippen LogP contribution in [0.2, 0.25) is 0 Å². The molecule has 1 aromatic carbocycles. The molecular weight excluding hydrogens is 196 g/mol. The number of nitrogens with two attached hydrogens (primary N) is 1. The number of rotatable bonds is 3. The maximum Gasteiger partial charge on any atom is 0.0414 e. The molecule has 0 aromatic heterocycles. The highest BCUT2D eigenvalue weighted by atomic mass is 15.1. The first kappa shape index (κ1) is 11.5. The summed E-state index contributed by atoms with van der Waals surface area (Å²) in [5, 5.41) is 0. The van der Waals surface area contributed by atoms with Gasteiger partial charge in [-0.2, -0.15) is 0 Å². The second kappa shape index (κ2) is 4.88. The molecule has 2 nitrogen and oxygen atoms in total. The van der Waals surface area contributed by atoms with E-state index in [1.54, 1.807) is 0 Å². The summed E-state index contributed by atoms with van der Waals surface area (Å²) >= 11 is 0. The Balaban J connectivity index is 2.24. The van der Waals surface area contributed by atoms with Crippen LogP contribution < -0.4 is 10.6 Å². The van der Waals surface area contributed by atoms with Crippen LogP contribution in [0, 0.1) is 0 Å². The van der Waals surface area contributed by atoms with E-state index in [1.807, 2.05) is 0 Å². The van der Waals surface area contributed by atoms with Crippen LogP contribution in [0.4, 0.5) is 5.69 Å². The molecule has 0 heterocycles. The van der Waals surface area contributed by atoms with Crippen LogP contribution in [0.3, 0.4) is 0 Å². The predicted octanol–water partition coefficient (Wildman–Crippen LogP) is 3.09. The number of hydrogen-bond acceptors (Lipinski definition) is 2. The zero-order valence-corrected chi connectivity index (χ0v) is 10.3. The minimum Gasteiger partial charge on any atom is -0.371 e. The molecule has 1 unspecified atom stereocenters. The van der Waals surface area contributed by atoms with E-state index in [1.165, 1.54) is 36.9 Å². The van der Waals surface area contributed by atoms with Crippen molar-refractivity contribution in [1.29, 1.82) is 0 Å². The fourth-order valence-electron chi connectivity index (χ4n) is 2.68. The summed E-state index contributed by atoms with van der Waals surface area (Å²) in [4.78, 5) is 2.42. The highest BCUT2D eigenvalue weighted by molar-refractivity contribution is 5.55. The van der Waals surface area contributed by atoms with Crippen molar-refractivity contribution in [2.75, 3.05) is 11.9 Å². The molecule has 88 valence electrons. The molecule has 1 aromatic rings. The first-order valence-corrected chi connectivity index (χ1v) is 6.27. The number of anilines is 1. The number of para-hydroxylation sites is 1. The summed E-state index contributed by atoms with van der Waals surface area (Å²) in [5.41, 5.74) is 8.59. The van der Waals surface area contributed by atoms with Crippen LogP contribution in [0.15, 0.2) is 24.3 Å². The van der Waals surface area contributed by atoms with Gasteiger partial charge < -0.3 is 10.6 Å². The van der Waals surface area contributed by atoms with Crippen LogP contribution in [-0.2, 0) is 0 Å². The maximum atomic E-state index is 6.02. The van der Waals surface area contributed by atoms with Crippen LogP contribution in [0.5, 0.6) is 0 Å². The molecule has 1 saturated carbocycles. The molecular formula is C14H22N2. The van der Waals surface area contributed by atoms with Crippen molar-refractivity contribution in [2.45, 2.75) is 44.7 Å². The Morgan fingerprint density at radius 3 is 2.50 bits per heavy atom. The van der Waals surface area contributed by atoms with Crippen molar-refractivity contribution < 1.29 is 0 Å². The van der Waals surface area contributed by atoms with E-state index in [-0.39, 0.29) is 6.04 Å². The lowest BCUT2D eigenvalue weighted by atomic mass is 10.0. The van der Waals surface area contributed by atoms with Crippen LogP contribution in [-0.4, -0.2) is 13.1 Å². The molecule has 0 bridgehead atoms. The first-order valence-electron chi connectivity index (χ1n) is 6.27. The van der Waals surface area contributed by atoms with Gasteiger partial charge in [0.1, 0.15) is 0 Å². The van der Waals surface area contributed by atoms with Crippen molar-refractivity contribution >= 4 is 5.69 Å². The molecule has 16 heavy (non-hydrogen) atoms. The molecule has 1 fully saturated rings. The Labute approximate surface area is 98.4 Å². The lowest BCUT2D eigenvalue weighted by Crippen LogP contribution is -2.30. The summed E-state index contributed by atoms with van der Waals surface area (Å²) in [7, 11) is 2.21. The van der Waals surface area contributed by atoms with Gasteiger partial charge in [0.05, 0.1) is 0 Å². The minimum absolute atomic E-state index is 0.111. The Morgan fingerprint density at radius 2 is 1.88 bits per heavy atom. The van der Waals surface area contributed by atoms with E-state index in [4.69, 9.17) is 5.73 Å². The molecule has 2 rings (SSSR count).